The summed E-state index contributed by atoms with van der Waals surface area (Å²) in [7, 11) is -0.458. The number of hydrogen-bond acceptors (Lipinski definition) is 5. The van der Waals surface area contributed by atoms with Crippen LogP contribution in [-0.2, 0) is 8.85 Å². The Bertz CT molecular complexity index is 189. The van der Waals surface area contributed by atoms with E-state index in [1.807, 2.05) is 6.55 Å². The Kier molecular flexibility index (Phi) is 10.9. The van der Waals surface area contributed by atoms with E-state index in [1.165, 1.54) is 0 Å². The fraction of sp³-hybridized carbons (Fsp3) is 1.00. The molecular formula is C12H29NO4Si. The second-order valence-electron chi connectivity index (χ2n) is 4.70. The van der Waals surface area contributed by atoms with Gasteiger partial charge in [0, 0.05) is 26.4 Å². The van der Waals surface area contributed by atoms with E-state index in [4.69, 9.17) is 24.8 Å². The molecule has 0 saturated carbocycles. The highest BCUT2D eigenvalue weighted by atomic mass is 28.4. The van der Waals surface area contributed by atoms with Crippen LogP contribution < -0.4 is 5.73 Å². The van der Waals surface area contributed by atoms with Crippen LogP contribution in [0.15, 0.2) is 0 Å². The van der Waals surface area contributed by atoms with Crippen LogP contribution in [0.1, 0.15) is 32.1 Å². The Hall–Kier alpha value is 0.0169. The zero-order valence-corrected chi connectivity index (χ0v) is 12.7. The lowest BCUT2D eigenvalue weighted by molar-refractivity contribution is 0.103. The number of rotatable bonds is 12. The molecule has 0 aromatic rings. The van der Waals surface area contributed by atoms with Gasteiger partial charge >= 0.3 is 8.56 Å². The monoisotopic (exact) mass is 279 g/mol. The SMILES string of the molecule is CO[Si](C)(CCCN)OC(CCCO)CCCO. The first-order valence-electron chi connectivity index (χ1n) is 6.76. The zero-order chi connectivity index (χ0) is 13.9. The van der Waals surface area contributed by atoms with E-state index in [0.717, 1.165) is 38.1 Å². The fourth-order valence-electron chi connectivity index (χ4n) is 1.88. The van der Waals surface area contributed by atoms with Gasteiger partial charge in [-0.1, -0.05) is 0 Å². The molecule has 0 aliphatic heterocycles. The van der Waals surface area contributed by atoms with Crippen molar-refractivity contribution in [3.05, 3.63) is 0 Å². The first-order valence-corrected chi connectivity index (χ1v) is 9.29. The van der Waals surface area contributed by atoms with Crippen molar-refractivity contribution >= 4 is 8.56 Å². The highest BCUT2D eigenvalue weighted by Gasteiger charge is 2.32. The molecule has 5 nitrogen and oxygen atoms in total. The molecule has 0 amide bonds. The van der Waals surface area contributed by atoms with Gasteiger partial charge in [-0.05, 0) is 51.2 Å². The van der Waals surface area contributed by atoms with Crippen molar-refractivity contribution in [2.24, 2.45) is 5.73 Å². The van der Waals surface area contributed by atoms with Gasteiger partial charge in [0.25, 0.3) is 0 Å². The van der Waals surface area contributed by atoms with E-state index in [0.29, 0.717) is 6.54 Å². The largest absolute Gasteiger partial charge is 0.398 e. The molecule has 0 bridgehead atoms. The maximum Gasteiger partial charge on any atom is 0.334 e. The summed E-state index contributed by atoms with van der Waals surface area (Å²) >= 11 is 0. The van der Waals surface area contributed by atoms with Crippen LogP contribution in [0.3, 0.4) is 0 Å². The predicted octanol–water partition coefficient (Wildman–Crippen LogP) is 0.984. The minimum absolute atomic E-state index is 0.0682. The van der Waals surface area contributed by atoms with Crippen molar-refractivity contribution in [2.45, 2.75) is 50.8 Å². The van der Waals surface area contributed by atoms with E-state index < -0.39 is 8.56 Å². The van der Waals surface area contributed by atoms with Gasteiger partial charge < -0.3 is 24.8 Å². The molecule has 4 N–H and O–H groups in total. The van der Waals surface area contributed by atoms with Gasteiger partial charge in [-0.2, -0.15) is 0 Å². The Balaban J connectivity index is 4.29. The van der Waals surface area contributed by atoms with Gasteiger partial charge in [0.1, 0.15) is 0 Å². The number of hydrogen-bond donors (Lipinski definition) is 3. The number of aliphatic hydroxyl groups excluding tert-OH is 2. The second kappa shape index (κ2) is 10.9. The zero-order valence-electron chi connectivity index (χ0n) is 11.7. The third-order valence-electron chi connectivity index (χ3n) is 3.05. The lowest BCUT2D eigenvalue weighted by Crippen LogP contribution is -2.41. The van der Waals surface area contributed by atoms with Gasteiger partial charge in [0.15, 0.2) is 0 Å². The summed E-state index contributed by atoms with van der Waals surface area (Å²) in [5, 5.41) is 17.8. The Morgan fingerprint density at radius 3 is 2.06 bits per heavy atom. The second-order valence-corrected chi connectivity index (χ2v) is 8.11. The van der Waals surface area contributed by atoms with E-state index in [1.54, 1.807) is 7.11 Å². The molecule has 6 heteroatoms. The van der Waals surface area contributed by atoms with E-state index in [2.05, 4.69) is 0 Å². The Morgan fingerprint density at radius 1 is 1.11 bits per heavy atom. The predicted molar refractivity (Wildman–Crippen MR) is 74.6 cm³/mol. The molecule has 1 atom stereocenters. The molecule has 0 aliphatic carbocycles. The molecule has 0 fully saturated rings. The number of nitrogens with two attached hydrogens (primary N) is 1. The lowest BCUT2D eigenvalue weighted by atomic mass is 10.1. The molecule has 0 saturated heterocycles. The molecule has 0 rings (SSSR count). The summed E-state index contributed by atoms with van der Waals surface area (Å²) in [4.78, 5) is 0. The van der Waals surface area contributed by atoms with Crippen molar-refractivity contribution in [3.8, 4) is 0 Å². The summed E-state index contributed by atoms with van der Waals surface area (Å²) < 4.78 is 11.7. The smallest absolute Gasteiger partial charge is 0.334 e. The molecule has 1 unspecified atom stereocenters. The summed E-state index contributed by atoms with van der Waals surface area (Å²) in [5.41, 5.74) is 5.53. The Labute approximate surface area is 112 Å². The van der Waals surface area contributed by atoms with Gasteiger partial charge in [-0.3, -0.25) is 0 Å². The molecule has 0 radical (unpaired) electrons. The maximum atomic E-state index is 8.90. The average Bonchev–Trinajstić information content (AvgIpc) is 2.39. The van der Waals surface area contributed by atoms with Crippen molar-refractivity contribution in [3.63, 3.8) is 0 Å². The van der Waals surface area contributed by atoms with E-state index in [9.17, 15) is 0 Å². The molecule has 0 spiro atoms. The van der Waals surface area contributed by atoms with Gasteiger partial charge in [0.05, 0.1) is 0 Å². The molecule has 0 aromatic carbocycles. The average molecular weight is 279 g/mol. The van der Waals surface area contributed by atoms with Gasteiger partial charge in [-0.15, -0.1) is 0 Å². The molecule has 0 aromatic heterocycles. The highest BCUT2D eigenvalue weighted by molar-refractivity contribution is 6.66. The molecule has 0 heterocycles. The van der Waals surface area contributed by atoms with E-state index >= 15 is 0 Å². The standard InChI is InChI=1S/C12H29NO4Si/c1-16-18(2,11-5-8-13)17-12(6-3-9-14)7-4-10-15/h12,14-15H,3-11,13H2,1-2H3. The van der Waals surface area contributed by atoms with Gasteiger partial charge in [-0.25, -0.2) is 0 Å². The third kappa shape index (κ3) is 8.18. The molecule has 110 valence electrons. The Morgan fingerprint density at radius 2 is 1.67 bits per heavy atom. The quantitative estimate of drug-likeness (QED) is 0.464. The summed E-state index contributed by atoms with van der Waals surface area (Å²) in [6.45, 7) is 3.04. The minimum atomic E-state index is -2.15. The van der Waals surface area contributed by atoms with Crippen molar-refractivity contribution in [2.75, 3.05) is 26.9 Å². The van der Waals surface area contributed by atoms with Crippen molar-refractivity contribution in [1.82, 2.24) is 0 Å². The van der Waals surface area contributed by atoms with Crippen LogP contribution in [0.4, 0.5) is 0 Å². The maximum absolute atomic E-state index is 8.90. The topological polar surface area (TPSA) is 84.9 Å². The van der Waals surface area contributed by atoms with Crippen LogP contribution in [0, 0.1) is 0 Å². The highest BCUT2D eigenvalue weighted by Crippen LogP contribution is 2.21. The summed E-state index contributed by atoms with van der Waals surface area (Å²) in [6.07, 6.45) is 4.04. The normalized spacial score (nSPS) is 15.0. The van der Waals surface area contributed by atoms with E-state index in [-0.39, 0.29) is 19.3 Å². The summed E-state index contributed by atoms with van der Waals surface area (Å²) in [5.74, 6) is 0. The van der Waals surface area contributed by atoms with Crippen molar-refractivity contribution in [1.29, 1.82) is 0 Å². The van der Waals surface area contributed by atoms with Gasteiger partial charge in [0.2, 0.25) is 0 Å². The fourth-order valence-corrected chi connectivity index (χ4v) is 4.09. The van der Waals surface area contributed by atoms with Crippen LogP contribution in [-0.4, -0.2) is 51.7 Å². The molecular weight excluding hydrogens is 250 g/mol. The van der Waals surface area contributed by atoms with Crippen LogP contribution in [0.5, 0.6) is 0 Å². The van der Waals surface area contributed by atoms with Crippen LogP contribution in [0.2, 0.25) is 12.6 Å². The first-order chi connectivity index (χ1) is 8.61. The van der Waals surface area contributed by atoms with Crippen LogP contribution in [0.25, 0.3) is 0 Å². The van der Waals surface area contributed by atoms with Crippen molar-refractivity contribution < 1.29 is 19.1 Å². The minimum Gasteiger partial charge on any atom is -0.398 e. The summed E-state index contributed by atoms with van der Waals surface area (Å²) in [6, 6.07) is 0.884. The molecule has 18 heavy (non-hydrogen) atoms. The first kappa shape index (κ1) is 18.0. The third-order valence-corrected chi connectivity index (χ3v) is 6.01. The number of aliphatic hydroxyl groups is 2. The lowest BCUT2D eigenvalue weighted by Gasteiger charge is -2.30. The molecule has 0 aliphatic rings. The van der Waals surface area contributed by atoms with Crippen LogP contribution >= 0.6 is 0 Å².